The lowest BCUT2D eigenvalue weighted by Gasteiger charge is -2.18. The SMILES string of the molecule is C=CC(=O)N(c1ccc(O)cc1)c1nc(-c2ccc(OC)cc2)cs1. The van der Waals surface area contributed by atoms with Crippen molar-refractivity contribution >= 4 is 28.1 Å². The summed E-state index contributed by atoms with van der Waals surface area (Å²) in [6.45, 7) is 3.56. The van der Waals surface area contributed by atoms with Crippen molar-refractivity contribution in [1.29, 1.82) is 0 Å². The molecule has 1 N–H and O–H groups in total. The first-order chi connectivity index (χ1) is 12.1. The van der Waals surface area contributed by atoms with E-state index in [9.17, 15) is 9.90 Å². The van der Waals surface area contributed by atoms with Crippen LogP contribution in [0.2, 0.25) is 0 Å². The first kappa shape index (κ1) is 16.7. The van der Waals surface area contributed by atoms with E-state index in [1.54, 1.807) is 19.2 Å². The molecule has 2 aromatic carbocycles. The number of methoxy groups -OCH3 is 1. The van der Waals surface area contributed by atoms with E-state index in [2.05, 4.69) is 11.6 Å². The van der Waals surface area contributed by atoms with Gasteiger partial charge in [0.15, 0.2) is 5.13 Å². The second-order valence-electron chi connectivity index (χ2n) is 5.14. The molecular weight excluding hydrogens is 336 g/mol. The molecule has 6 heteroatoms. The van der Waals surface area contributed by atoms with E-state index in [0.717, 1.165) is 17.0 Å². The second-order valence-corrected chi connectivity index (χ2v) is 5.97. The number of anilines is 2. The number of rotatable bonds is 5. The van der Waals surface area contributed by atoms with Gasteiger partial charge in [-0.3, -0.25) is 9.69 Å². The summed E-state index contributed by atoms with van der Waals surface area (Å²) in [4.78, 5) is 18.4. The molecule has 0 spiro atoms. The van der Waals surface area contributed by atoms with Crippen molar-refractivity contribution < 1.29 is 14.6 Å². The number of phenolic OH excluding ortho intramolecular Hbond substituents is 1. The number of thiazole rings is 1. The van der Waals surface area contributed by atoms with E-state index in [-0.39, 0.29) is 11.7 Å². The van der Waals surface area contributed by atoms with Crippen LogP contribution < -0.4 is 9.64 Å². The highest BCUT2D eigenvalue weighted by atomic mass is 32.1. The third-order valence-corrected chi connectivity index (χ3v) is 4.40. The Morgan fingerprint density at radius 2 is 1.88 bits per heavy atom. The van der Waals surface area contributed by atoms with Crippen molar-refractivity contribution in [3.63, 3.8) is 0 Å². The molecule has 0 aliphatic heterocycles. The third-order valence-electron chi connectivity index (χ3n) is 3.57. The number of benzene rings is 2. The number of aromatic hydroxyl groups is 1. The van der Waals surface area contributed by atoms with Crippen LogP contribution in [0, 0.1) is 0 Å². The van der Waals surface area contributed by atoms with Gasteiger partial charge >= 0.3 is 0 Å². The number of carbonyl (C=O) groups excluding carboxylic acids is 1. The van der Waals surface area contributed by atoms with Crippen molar-refractivity contribution in [3.05, 3.63) is 66.6 Å². The zero-order valence-electron chi connectivity index (χ0n) is 13.5. The number of carbonyl (C=O) groups is 1. The second kappa shape index (κ2) is 7.19. The van der Waals surface area contributed by atoms with Gasteiger partial charge in [0.2, 0.25) is 0 Å². The molecule has 5 nitrogen and oxygen atoms in total. The van der Waals surface area contributed by atoms with Gasteiger partial charge in [0.05, 0.1) is 18.5 Å². The minimum absolute atomic E-state index is 0.132. The first-order valence-corrected chi connectivity index (χ1v) is 8.36. The standard InChI is InChI=1S/C19H16N2O3S/c1-3-18(23)21(14-6-8-15(22)9-7-14)19-20-17(12-25-19)13-4-10-16(24-2)11-5-13/h3-12,22H,1H2,2H3. The minimum atomic E-state index is -0.290. The lowest BCUT2D eigenvalue weighted by molar-refractivity contribution is -0.113. The predicted molar refractivity (Wildman–Crippen MR) is 99.6 cm³/mol. The summed E-state index contributed by atoms with van der Waals surface area (Å²) in [5, 5.41) is 11.9. The van der Waals surface area contributed by atoms with Crippen molar-refractivity contribution in [2.24, 2.45) is 0 Å². The Balaban J connectivity index is 1.97. The highest BCUT2D eigenvalue weighted by Crippen LogP contribution is 2.33. The van der Waals surface area contributed by atoms with Crippen LogP contribution in [0.5, 0.6) is 11.5 Å². The molecule has 0 aliphatic carbocycles. The maximum absolute atomic E-state index is 12.3. The molecule has 1 aromatic heterocycles. The zero-order chi connectivity index (χ0) is 17.8. The molecule has 0 radical (unpaired) electrons. The Morgan fingerprint density at radius 1 is 1.20 bits per heavy atom. The number of hydrogen-bond acceptors (Lipinski definition) is 5. The molecule has 0 unspecified atom stereocenters. The van der Waals surface area contributed by atoms with Crippen LogP contribution in [-0.4, -0.2) is 23.1 Å². The van der Waals surface area contributed by atoms with Crippen LogP contribution in [0.4, 0.5) is 10.8 Å². The van der Waals surface area contributed by atoms with E-state index in [0.29, 0.717) is 10.8 Å². The molecule has 0 bridgehead atoms. The van der Waals surface area contributed by atoms with E-state index < -0.39 is 0 Å². The number of hydrogen-bond donors (Lipinski definition) is 1. The van der Waals surface area contributed by atoms with Gasteiger partial charge in [0, 0.05) is 10.9 Å². The molecule has 126 valence electrons. The number of ether oxygens (including phenoxy) is 1. The Kier molecular flexibility index (Phi) is 4.81. The summed E-state index contributed by atoms with van der Waals surface area (Å²) in [6.07, 6.45) is 1.24. The fourth-order valence-corrected chi connectivity index (χ4v) is 3.14. The maximum Gasteiger partial charge on any atom is 0.256 e. The zero-order valence-corrected chi connectivity index (χ0v) is 14.4. The number of phenols is 1. The summed E-state index contributed by atoms with van der Waals surface area (Å²) in [6, 6.07) is 13.9. The van der Waals surface area contributed by atoms with Crippen LogP contribution in [0.1, 0.15) is 0 Å². The van der Waals surface area contributed by atoms with Crippen LogP contribution in [0.3, 0.4) is 0 Å². The topological polar surface area (TPSA) is 62.7 Å². The molecule has 3 rings (SSSR count). The smallest absolute Gasteiger partial charge is 0.256 e. The molecule has 0 saturated heterocycles. The summed E-state index contributed by atoms with van der Waals surface area (Å²) < 4.78 is 5.16. The average Bonchev–Trinajstić information content (AvgIpc) is 3.13. The number of aromatic nitrogens is 1. The highest BCUT2D eigenvalue weighted by Gasteiger charge is 2.19. The normalized spacial score (nSPS) is 10.3. The highest BCUT2D eigenvalue weighted by molar-refractivity contribution is 7.14. The average molecular weight is 352 g/mol. The molecule has 1 amide bonds. The molecular formula is C19H16N2O3S. The van der Waals surface area contributed by atoms with Crippen LogP contribution in [0.15, 0.2) is 66.6 Å². The summed E-state index contributed by atoms with van der Waals surface area (Å²) in [5.41, 5.74) is 2.31. The first-order valence-electron chi connectivity index (χ1n) is 7.48. The van der Waals surface area contributed by atoms with E-state index in [1.807, 2.05) is 29.6 Å². The molecule has 3 aromatic rings. The minimum Gasteiger partial charge on any atom is -0.508 e. The Morgan fingerprint density at radius 3 is 2.48 bits per heavy atom. The fraction of sp³-hybridized carbons (Fsp3) is 0.0526. The lowest BCUT2D eigenvalue weighted by Crippen LogP contribution is -2.23. The van der Waals surface area contributed by atoms with Crippen molar-refractivity contribution in [2.45, 2.75) is 0 Å². The summed E-state index contributed by atoms with van der Waals surface area (Å²) >= 11 is 1.36. The molecule has 1 heterocycles. The van der Waals surface area contributed by atoms with Crippen LogP contribution in [0.25, 0.3) is 11.3 Å². The monoisotopic (exact) mass is 352 g/mol. The van der Waals surface area contributed by atoms with Crippen LogP contribution in [-0.2, 0) is 4.79 Å². The summed E-state index contributed by atoms with van der Waals surface area (Å²) in [7, 11) is 1.62. The molecule has 25 heavy (non-hydrogen) atoms. The predicted octanol–water partition coefficient (Wildman–Crippen LogP) is 4.38. The molecule has 0 atom stereocenters. The van der Waals surface area contributed by atoms with Gasteiger partial charge in [0.1, 0.15) is 11.5 Å². The number of nitrogens with zero attached hydrogens (tertiary/aromatic N) is 2. The third kappa shape index (κ3) is 3.54. The maximum atomic E-state index is 12.3. The quantitative estimate of drug-likeness (QED) is 0.693. The number of amides is 1. The Hall–Kier alpha value is -3.12. The molecule has 0 saturated carbocycles. The van der Waals surface area contributed by atoms with Gasteiger partial charge in [-0.2, -0.15) is 0 Å². The van der Waals surface area contributed by atoms with Crippen molar-refractivity contribution in [2.75, 3.05) is 12.0 Å². The Labute approximate surface area is 149 Å². The van der Waals surface area contributed by atoms with E-state index in [1.165, 1.54) is 34.4 Å². The fourth-order valence-electron chi connectivity index (χ4n) is 2.29. The van der Waals surface area contributed by atoms with Gasteiger partial charge in [0.25, 0.3) is 5.91 Å². The van der Waals surface area contributed by atoms with Gasteiger partial charge in [-0.25, -0.2) is 4.98 Å². The van der Waals surface area contributed by atoms with Crippen molar-refractivity contribution in [1.82, 2.24) is 4.98 Å². The molecule has 0 aliphatic rings. The van der Waals surface area contributed by atoms with Crippen molar-refractivity contribution in [3.8, 4) is 22.8 Å². The van der Waals surface area contributed by atoms with E-state index in [4.69, 9.17) is 4.74 Å². The lowest BCUT2D eigenvalue weighted by atomic mass is 10.2. The van der Waals surface area contributed by atoms with Gasteiger partial charge in [-0.05, 0) is 54.6 Å². The van der Waals surface area contributed by atoms with Crippen LogP contribution >= 0.6 is 11.3 Å². The van der Waals surface area contributed by atoms with E-state index >= 15 is 0 Å². The Bertz CT molecular complexity index is 886. The van der Waals surface area contributed by atoms with Gasteiger partial charge in [-0.1, -0.05) is 6.58 Å². The van der Waals surface area contributed by atoms with Gasteiger partial charge < -0.3 is 9.84 Å². The largest absolute Gasteiger partial charge is 0.508 e. The molecule has 0 fully saturated rings. The van der Waals surface area contributed by atoms with Gasteiger partial charge in [-0.15, -0.1) is 11.3 Å². The summed E-state index contributed by atoms with van der Waals surface area (Å²) in [5.74, 6) is 0.612.